The molecule has 0 amide bonds. The van der Waals surface area contributed by atoms with Crippen LogP contribution in [0.1, 0.15) is 39.0 Å². The molecule has 1 nitrogen and oxygen atoms in total. The molecule has 0 atom stereocenters. The van der Waals surface area contributed by atoms with Gasteiger partial charge in [0.1, 0.15) is 0 Å². The second-order valence-electron chi connectivity index (χ2n) is 3.42. The summed E-state index contributed by atoms with van der Waals surface area (Å²) in [6.45, 7) is 10.2. The second-order valence-corrected chi connectivity index (χ2v) is 5.99. The summed E-state index contributed by atoms with van der Waals surface area (Å²) in [6.07, 6.45) is 8.61. The highest BCUT2D eigenvalue weighted by Crippen LogP contribution is 2.01. The van der Waals surface area contributed by atoms with Crippen LogP contribution in [-0.2, 0) is 4.43 Å². The van der Waals surface area contributed by atoms with Crippen molar-refractivity contribution in [1.29, 1.82) is 0 Å². The molecule has 0 aromatic heterocycles. The molecule has 0 radical (unpaired) electrons. The Morgan fingerprint density at radius 3 is 2.08 bits per heavy atom. The van der Waals surface area contributed by atoms with Crippen molar-refractivity contribution >= 4 is 9.04 Å². The van der Waals surface area contributed by atoms with Crippen molar-refractivity contribution in [2.75, 3.05) is 7.11 Å². The van der Waals surface area contributed by atoms with Crippen LogP contribution in [0.25, 0.3) is 0 Å². The van der Waals surface area contributed by atoms with Gasteiger partial charge in [0.15, 0.2) is 9.04 Å². The summed E-state index contributed by atoms with van der Waals surface area (Å²) in [5.74, 6) is 0. The highest BCUT2D eigenvalue weighted by Gasteiger charge is 1.83. The van der Waals surface area contributed by atoms with Gasteiger partial charge < -0.3 is 4.43 Å². The van der Waals surface area contributed by atoms with Gasteiger partial charge in [-0.05, 0) is 25.9 Å². The maximum Gasteiger partial charge on any atom is 0.170 e. The maximum atomic E-state index is 4.89. The lowest BCUT2D eigenvalue weighted by Crippen LogP contribution is -2.00. The van der Waals surface area contributed by atoms with Gasteiger partial charge in [0.25, 0.3) is 0 Å². The quantitative estimate of drug-likeness (QED) is 0.362. The molecule has 0 aliphatic rings. The molecule has 0 N–H and O–H groups in total. The van der Waals surface area contributed by atoms with E-state index >= 15 is 0 Å². The normalized spacial score (nSPS) is 9.31. The maximum absolute atomic E-state index is 4.89. The van der Waals surface area contributed by atoms with E-state index in [0.717, 1.165) is 0 Å². The molecule has 2 heteroatoms. The molecule has 0 saturated heterocycles. The Hall–Kier alpha value is -0.0831. The van der Waals surface area contributed by atoms with Crippen LogP contribution in [0.2, 0.25) is 13.1 Å². The first kappa shape index (κ1) is 15.4. The van der Waals surface area contributed by atoms with Crippen molar-refractivity contribution in [3.63, 3.8) is 0 Å². The third kappa shape index (κ3) is 24.5. The van der Waals surface area contributed by atoms with Crippen LogP contribution >= 0.6 is 0 Å². The molecule has 0 bridgehead atoms. The molecule has 0 aromatic rings. The van der Waals surface area contributed by atoms with E-state index in [2.05, 4.69) is 26.6 Å². The first-order valence-corrected chi connectivity index (χ1v) is 8.10. The zero-order valence-corrected chi connectivity index (χ0v) is 11.0. The van der Waals surface area contributed by atoms with Crippen molar-refractivity contribution in [2.24, 2.45) is 0 Å². The molecule has 0 unspecified atom stereocenters. The Balaban J connectivity index is 0. The average molecular weight is 202 g/mol. The van der Waals surface area contributed by atoms with E-state index in [-0.39, 0.29) is 0 Å². The third-order valence-corrected chi connectivity index (χ3v) is 2.68. The van der Waals surface area contributed by atoms with Crippen LogP contribution in [0.4, 0.5) is 0 Å². The van der Waals surface area contributed by atoms with Gasteiger partial charge >= 0.3 is 0 Å². The van der Waals surface area contributed by atoms with Crippen molar-refractivity contribution in [1.82, 2.24) is 0 Å². The van der Waals surface area contributed by atoms with E-state index in [9.17, 15) is 0 Å². The topological polar surface area (TPSA) is 9.23 Å². The molecule has 0 aliphatic heterocycles. The Bertz CT molecular complexity index is 92.1. The molecular weight excluding hydrogens is 176 g/mol. The van der Waals surface area contributed by atoms with Gasteiger partial charge in [0.2, 0.25) is 0 Å². The first-order valence-electron chi connectivity index (χ1n) is 5.32. The van der Waals surface area contributed by atoms with Gasteiger partial charge in [0.05, 0.1) is 0 Å². The van der Waals surface area contributed by atoms with Crippen molar-refractivity contribution in [3.05, 3.63) is 12.7 Å². The van der Waals surface area contributed by atoms with Crippen LogP contribution in [0.15, 0.2) is 12.7 Å². The predicted molar refractivity (Wildman–Crippen MR) is 64.8 cm³/mol. The molecule has 0 saturated carbocycles. The standard InChI is InChI=1S/C8H16.C3H10OSi/c1-3-5-7-8-6-4-2;1-4-5(2)3/h3H,1,4-8H2,2H3;5H,1-3H3. The summed E-state index contributed by atoms with van der Waals surface area (Å²) in [6, 6.07) is 0. The van der Waals surface area contributed by atoms with Crippen LogP contribution in [-0.4, -0.2) is 16.2 Å². The van der Waals surface area contributed by atoms with Gasteiger partial charge in [0, 0.05) is 7.11 Å². The number of allylic oxidation sites excluding steroid dienone is 1. The fourth-order valence-corrected chi connectivity index (χ4v) is 0.715. The highest BCUT2D eigenvalue weighted by molar-refractivity contribution is 6.48. The molecule has 13 heavy (non-hydrogen) atoms. The minimum atomic E-state index is -0.650. The third-order valence-electron chi connectivity index (χ3n) is 1.73. The number of unbranched alkanes of at least 4 members (excludes halogenated alkanes) is 4. The molecule has 0 heterocycles. The zero-order chi connectivity index (χ0) is 10.5. The number of hydrogen-bond acceptors (Lipinski definition) is 1. The minimum absolute atomic E-state index is 0.650. The summed E-state index contributed by atoms with van der Waals surface area (Å²) < 4.78 is 4.89. The molecular formula is C11H26OSi. The van der Waals surface area contributed by atoms with Crippen molar-refractivity contribution < 1.29 is 4.43 Å². The Kier molecular flexibility index (Phi) is 17.1. The Morgan fingerprint density at radius 2 is 1.77 bits per heavy atom. The lowest BCUT2D eigenvalue weighted by atomic mass is 10.2. The summed E-state index contributed by atoms with van der Waals surface area (Å²) >= 11 is 0. The van der Waals surface area contributed by atoms with E-state index in [4.69, 9.17) is 4.43 Å². The molecule has 0 aromatic carbocycles. The summed E-state index contributed by atoms with van der Waals surface area (Å²) in [5, 5.41) is 0. The fourth-order valence-electron chi connectivity index (χ4n) is 0.715. The molecule has 0 fully saturated rings. The largest absolute Gasteiger partial charge is 0.424 e. The second kappa shape index (κ2) is 14.4. The Labute approximate surface area is 85.9 Å². The zero-order valence-electron chi connectivity index (χ0n) is 9.81. The predicted octanol–water partition coefficient (Wildman–Crippen LogP) is 3.76. The SMILES string of the molecule is C=CCCCCCC.CO[SiH](C)C. The van der Waals surface area contributed by atoms with Gasteiger partial charge in [-0.1, -0.05) is 32.3 Å². The average Bonchev–Trinajstić information content (AvgIpc) is 2.14. The van der Waals surface area contributed by atoms with Gasteiger partial charge in [-0.25, -0.2) is 0 Å². The molecule has 80 valence electrons. The monoisotopic (exact) mass is 202 g/mol. The summed E-state index contributed by atoms with van der Waals surface area (Å²) in [4.78, 5) is 0. The fraction of sp³-hybridized carbons (Fsp3) is 0.818. The minimum Gasteiger partial charge on any atom is -0.424 e. The van der Waals surface area contributed by atoms with Crippen LogP contribution in [0, 0.1) is 0 Å². The number of hydrogen-bond donors (Lipinski definition) is 0. The highest BCUT2D eigenvalue weighted by atomic mass is 28.3. The summed E-state index contributed by atoms with van der Waals surface area (Å²) in [5.41, 5.74) is 0. The van der Waals surface area contributed by atoms with Gasteiger partial charge in [-0.2, -0.15) is 0 Å². The van der Waals surface area contributed by atoms with Crippen molar-refractivity contribution in [2.45, 2.75) is 52.1 Å². The molecule has 0 aliphatic carbocycles. The van der Waals surface area contributed by atoms with E-state index in [1.165, 1.54) is 32.1 Å². The first-order chi connectivity index (χ1) is 6.18. The molecule has 0 rings (SSSR count). The van der Waals surface area contributed by atoms with E-state index < -0.39 is 9.04 Å². The van der Waals surface area contributed by atoms with Crippen LogP contribution < -0.4 is 0 Å². The van der Waals surface area contributed by atoms with Crippen molar-refractivity contribution in [3.8, 4) is 0 Å². The van der Waals surface area contributed by atoms with E-state index in [0.29, 0.717) is 0 Å². The smallest absolute Gasteiger partial charge is 0.170 e. The molecule has 0 spiro atoms. The van der Waals surface area contributed by atoms with Crippen LogP contribution in [0.3, 0.4) is 0 Å². The van der Waals surface area contributed by atoms with E-state index in [1.54, 1.807) is 7.11 Å². The summed E-state index contributed by atoms with van der Waals surface area (Å²) in [7, 11) is 1.11. The number of rotatable bonds is 6. The Morgan fingerprint density at radius 1 is 1.23 bits per heavy atom. The lowest BCUT2D eigenvalue weighted by Gasteiger charge is -1.92. The van der Waals surface area contributed by atoms with Crippen LogP contribution in [0.5, 0.6) is 0 Å². The van der Waals surface area contributed by atoms with Gasteiger partial charge in [-0.15, -0.1) is 6.58 Å². The van der Waals surface area contributed by atoms with E-state index in [1.807, 2.05) is 6.08 Å². The lowest BCUT2D eigenvalue weighted by molar-refractivity contribution is 0.430. The van der Waals surface area contributed by atoms with Gasteiger partial charge in [-0.3, -0.25) is 0 Å².